The molecule has 0 spiro atoms. The molecule has 0 aliphatic heterocycles. The molecular weight excluding hydrogens is 284 g/mol. The molecular formula is C14H12BrCl. The van der Waals surface area contributed by atoms with Gasteiger partial charge in [0.2, 0.25) is 0 Å². The van der Waals surface area contributed by atoms with Crippen LogP contribution in [0, 0.1) is 6.92 Å². The van der Waals surface area contributed by atoms with Crippen LogP contribution < -0.4 is 0 Å². The van der Waals surface area contributed by atoms with Gasteiger partial charge in [0.25, 0.3) is 0 Å². The normalized spacial score (nSPS) is 12.4. The second-order valence-corrected chi connectivity index (χ2v) is 5.13. The van der Waals surface area contributed by atoms with E-state index in [0.29, 0.717) is 0 Å². The van der Waals surface area contributed by atoms with E-state index in [0.717, 1.165) is 15.6 Å². The first kappa shape index (κ1) is 11.7. The third-order valence-electron chi connectivity index (χ3n) is 2.60. The molecule has 82 valence electrons. The van der Waals surface area contributed by atoms with Gasteiger partial charge in [-0.3, -0.25) is 0 Å². The predicted octanol–water partition coefficient (Wildman–Crippen LogP) is 5.09. The summed E-state index contributed by atoms with van der Waals surface area (Å²) in [5.74, 6) is 0. The standard InChI is InChI=1S/C14H12BrCl/c1-10-9-12(15)7-8-13(10)14(16)11-5-3-2-4-6-11/h2-9,14H,1H3. The highest BCUT2D eigenvalue weighted by Gasteiger charge is 2.12. The second-order valence-electron chi connectivity index (χ2n) is 3.77. The Balaban J connectivity index is 2.38. The van der Waals surface area contributed by atoms with E-state index in [4.69, 9.17) is 11.6 Å². The molecule has 0 heterocycles. The van der Waals surface area contributed by atoms with Gasteiger partial charge in [-0.15, -0.1) is 11.6 Å². The summed E-state index contributed by atoms with van der Waals surface area (Å²) in [6, 6.07) is 16.3. The Kier molecular flexibility index (Phi) is 3.67. The Morgan fingerprint density at radius 3 is 2.38 bits per heavy atom. The van der Waals surface area contributed by atoms with Crippen LogP contribution in [0.4, 0.5) is 0 Å². The van der Waals surface area contributed by atoms with Crippen LogP contribution in [-0.4, -0.2) is 0 Å². The lowest BCUT2D eigenvalue weighted by Gasteiger charge is -2.13. The lowest BCUT2D eigenvalue weighted by atomic mass is 10.0. The highest BCUT2D eigenvalue weighted by molar-refractivity contribution is 9.10. The average molecular weight is 296 g/mol. The van der Waals surface area contributed by atoms with E-state index < -0.39 is 0 Å². The van der Waals surface area contributed by atoms with Crippen molar-refractivity contribution >= 4 is 27.5 Å². The molecule has 0 aliphatic rings. The Hall–Kier alpha value is -0.790. The molecule has 2 aromatic carbocycles. The van der Waals surface area contributed by atoms with Crippen molar-refractivity contribution in [1.82, 2.24) is 0 Å². The molecule has 0 nitrogen and oxygen atoms in total. The molecule has 2 heteroatoms. The summed E-state index contributed by atoms with van der Waals surface area (Å²) in [7, 11) is 0. The third kappa shape index (κ3) is 2.47. The van der Waals surface area contributed by atoms with Crippen LogP contribution >= 0.6 is 27.5 Å². The van der Waals surface area contributed by atoms with Crippen molar-refractivity contribution < 1.29 is 0 Å². The van der Waals surface area contributed by atoms with Gasteiger partial charge in [0, 0.05) is 4.47 Å². The minimum absolute atomic E-state index is 0.0747. The van der Waals surface area contributed by atoms with Crippen molar-refractivity contribution in [2.24, 2.45) is 0 Å². The van der Waals surface area contributed by atoms with Crippen LogP contribution in [0.2, 0.25) is 0 Å². The molecule has 0 bridgehead atoms. The fourth-order valence-electron chi connectivity index (χ4n) is 1.73. The summed E-state index contributed by atoms with van der Waals surface area (Å²) >= 11 is 9.93. The summed E-state index contributed by atoms with van der Waals surface area (Å²) in [5.41, 5.74) is 3.50. The van der Waals surface area contributed by atoms with Gasteiger partial charge in [0.15, 0.2) is 0 Å². The highest BCUT2D eigenvalue weighted by atomic mass is 79.9. The van der Waals surface area contributed by atoms with Gasteiger partial charge in [-0.25, -0.2) is 0 Å². The molecule has 0 N–H and O–H groups in total. The summed E-state index contributed by atoms with van der Waals surface area (Å²) in [6.45, 7) is 2.08. The Labute approximate surface area is 109 Å². The van der Waals surface area contributed by atoms with Crippen molar-refractivity contribution in [3.63, 3.8) is 0 Å². The Morgan fingerprint density at radius 2 is 1.75 bits per heavy atom. The van der Waals surface area contributed by atoms with E-state index in [9.17, 15) is 0 Å². The first-order valence-electron chi connectivity index (χ1n) is 5.13. The van der Waals surface area contributed by atoms with E-state index in [1.54, 1.807) is 0 Å². The van der Waals surface area contributed by atoms with Gasteiger partial charge in [-0.1, -0.05) is 52.3 Å². The molecule has 0 amide bonds. The number of hydrogen-bond donors (Lipinski definition) is 0. The maximum absolute atomic E-state index is 6.47. The zero-order valence-electron chi connectivity index (χ0n) is 8.95. The molecule has 2 aromatic rings. The van der Waals surface area contributed by atoms with Crippen molar-refractivity contribution in [2.45, 2.75) is 12.3 Å². The zero-order chi connectivity index (χ0) is 11.5. The molecule has 16 heavy (non-hydrogen) atoms. The maximum Gasteiger partial charge on any atom is 0.0838 e. The van der Waals surface area contributed by atoms with Gasteiger partial charge in [0.05, 0.1) is 5.38 Å². The summed E-state index contributed by atoms with van der Waals surface area (Å²) in [4.78, 5) is 0. The fourth-order valence-corrected chi connectivity index (χ4v) is 2.59. The number of benzene rings is 2. The van der Waals surface area contributed by atoms with Gasteiger partial charge in [-0.2, -0.15) is 0 Å². The fraction of sp³-hybridized carbons (Fsp3) is 0.143. The van der Waals surface area contributed by atoms with Gasteiger partial charge < -0.3 is 0 Å². The number of rotatable bonds is 2. The smallest absolute Gasteiger partial charge is 0.0838 e. The number of aryl methyl sites for hydroxylation is 1. The topological polar surface area (TPSA) is 0 Å². The average Bonchev–Trinajstić information content (AvgIpc) is 2.29. The lowest BCUT2D eigenvalue weighted by Crippen LogP contribution is -1.95. The molecule has 0 radical (unpaired) electrons. The number of alkyl halides is 1. The maximum atomic E-state index is 6.47. The van der Waals surface area contributed by atoms with Crippen LogP contribution in [0.3, 0.4) is 0 Å². The Bertz CT molecular complexity index is 479. The molecule has 0 aliphatic carbocycles. The first-order valence-corrected chi connectivity index (χ1v) is 6.36. The zero-order valence-corrected chi connectivity index (χ0v) is 11.3. The monoisotopic (exact) mass is 294 g/mol. The molecule has 2 rings (SSSR count). The molecule has 0 aromatic heterocycles. The minimum atomic E-state index is -0.0747. The van der Waals surface area contributed by atoms with Crippen molar-refractivity contribution in [3.8, 4) is 0 Å². The number of hydrogen-bond acceptors (Lipinski definition) is 0. The van der Waals surface area contributed by atoms with E-state index >= 15 is 0 Å². The first-order chi connectivity index (χ1) is 7.68. The predicted molar refractivity (Wildman–Crippen MR) is 73.0 cm³/mol. The summed E-state index contributed by atoms with van der Waals surface area (Å²) in [5, 5.41) is -0.0747. The quantitative estimate of drug-likeness (QED) is 0.677. The Morgan fingerprint density at radius 1 is 1.06 bits per heavy atom. The van der Waals surface area contributed by atoms with E-state index in [2.05, 4.69) is 47.1 Å². The molecule has 0 saturated carbocycles. The largest absolute Gasteiger partial charge is 0.113 e. The molecule has 0 saturated heterocycles. The van der Waals surface area contributed by atoms with E-state index in [-0.39, 0.29) is 5.38 Å². The molecule has 0 fully saturated rings. The van der Waals surface area contributed by atoms with Crippen LogP contribution in [0.15, 0.2) is 53.0 Å². The van der Waals surface area contributed by atoms with Crippen LogP contribution in [0.25, 0.3) is 0 Å². The molecule has 1 unspecified atom stereocenters. The van der Waals surface area contributed by atoms with Gasteiger partial charge in [0.1, 0.15) is 0 Å². The van der Waals surface area contributed by atoms with E-state index in [1.807, 2.05) is 24.3 Å². The summed E-state index contributed by atoms with van der Waals surface area (Å²) in [6.07, 6.45) is 0. The third-order valence-corrected chi connectivity index (χ3v) is 3.58. The van der Waals surface area contributed by atoms with Crippen LogP contribution in [0.5, 0.6) is 0 Å². The lowest BCUT2D eigenvalue weighted by molar-refractivity contribution is 1.11. The summed E-state index contributed by atoms with van der Waals surface area (Å²) < 4.78 is 1.09. The van der Waals surface area contributed by atoms with Crippen LogP contribution in [-0.2, 0) is 0 Å². The van der Waals surface area contributed by atoms with E-state index in [1.165, 1.54) is 5.56 Å². The van der Waals surface area contributed by atoms with Crippen molar-refractivity contribution in [1.29, 1.82) is 0 Å². The van der Waals surface area contributed by atoms with Crippen molar-refractivity contribution in [3.05, 3.63) is 69.7 Å². The van der Waals surface area contributed by atoms with Crippen LogP contribution in [0.1, 0.15) is 22.1 Å². The second kappa shape index (κ2) is 5.03. The van der Waals surface area contributed by atoms with Gasteiger partial charge >= 0.3 is 0 Å². The minimum Gasteiger partial charge on any atom is -0.113 e. The highest BCUT2D eigenvalue weighted by Crippen LogP contribution is 2.31. The number of halogens is 2. The van der Waals surface area contributed by atoms with Gasteiger partial charge in [-0.05, 0) is 35.7 Å². The SMILES string of the molecule is Cc1cc(Br)ccc1C(Cl)c1ccccc1. The molecule has 1 atom stereocenters. The van der Waals surface area contributed by atoms with Crippen molar-refractivity contribution in [2.75, 3.05) is 0 Å².